The summed E-state index contributed by atoms with van der Waals surface area (Å²) in [5.41, 5.74) is 2.29. The maximum atomic E-state index is 4.59. The van der Waals surface area contributed by atoms with Gasteiger partial charge in [-0.3, -0.25) is 0 Å². The van der Waals surface area contributed by atoms with Crippen LogP contribution in [0.2, 0.25) is 0 Å². The molecule has 0 saturated carbocycles. The monoisotopic (exact) mass is 297 g/mol. The second-order valence-corrected chi connectivity index (χ2v) is 6.31. The lowest BCUT2D eigenvalue weighted by atomic mass is 10.0. The van der Waals surface area contributed by atoms with Crippen LogP contribution in [0.25, 0.3) is 16.4 Å². The molecule has 3 aromatic rings. The Morgan fingerprint density at radius 2 is 2.14 bits per heavy atom. The van der Waals surface area contributed by atoms with Crippen LogP contribution in [0.5, 0.6) is 0 Å². The second-order valence-electron chi connectivity index (χ2n) is 5.37. The molecule has 0 aliphatic carbocycles. The van der Waals surface area contributed by atoms with Crippen molar-refractivity contribution in [1.82, 2.24) is 14.8 Å². The molecular formula is C17H19N3S. The zero-order valence-electron chi connectivity index (χ0n) is 12.4. The largest absolute Gasteiger partial charge is 0.237 e. The fourth-order valence-electron chi connectivity index (χ4n) is 2.23. The summed E-state index contributed by atoms with van der Waals surface area (Å²) >= 11 is 1.70. The first-order valence-corrected chi connectivity index (χ1v) is 8.19. The number of rotatable bonds is 5. The third kappa shape index (κ3) is 3.22. The van der Waals surface area contributed by atoms with E-state index in [2.05, 4.69) is 41.4 Å². The molecule has 0 radical (unpaired) electrons. The molecule has 3 nitrogen and oxygen atoms in total. The molecule has 4 heteroatoms. The Labute approximate surface area is 129 Å². The Bertz CT molecular complexity index is 683. The normalized spacial score (nSPS) is 12.5. The maximum Gasteiger partial charge on any atom is 0.153 e. The molecular weight excluding hydrogens is 278 g/mol. The van der Waals surface area contributed by atoms with Gasteiger partial charge in [0.1, 0.15) is 5.69 Å². The van der Waals surface area contributed by atoms with Crippen LogP contribution >= 0.6 is 11.3 Å². The molecule has 0 spiro atoms. The van der Waals surface area contributed by atoms with Gasteiger partial charge in [0.25, 0.3) is 0 Å². The van der Waals surface area contributed by atoms with Crippen molar-refractivity contribution in [3.63, 3.8) is 0 Å². The second kappa shape index (κ2) is 6.22. The van der Waals surface area contributed by atoms with Crippen LogP contribution in [-0.4, -0.2) is 14.8 Å². The van der Waals surface area contributed by atoms with Gasteiger partial charge in [-0.1, -0.05) is 32.4 Å². The molecule has 3 rings (SSSR count). The number of hydrogen-bond donors (Lipinski definition) is 0. The molecule has 0 bridgehead atoms. The zero-order valence-corrected chi connectivity index (χ0v) is 13.2. The molecule has 108 valence electrons. The molecule has 0 amide bonds. The lowest BCUT2D eigenvalue weighted by Crippen LogP contribution is -2.01. The Morgan fingerprint density at radius 3 is 2.81 bits per heavy atom. The molecule has 1 atom stereocenters. The number of nitrogens with zero attached hydrogens (tertiary/aromatic N) is 3. The van der Waals surface area contributed by atoms with Gasteiger partial charge in [-0.2, -0.15) is 5.10 Å². The summed E-state index contributed by atoms with van der Waals surface area (Å²) in [6, 6.07) is 10.4. The van der Waals surface area contributed by atoms with Crippen molar-refractivity contribution in [3.05, 3.63) is 53.7 Å². The first kappa shape index (κ1) is 14.0. The van der Waals surface area contributed by atoms with Gasteiger partial charge in [0.15, 0.2) is 5.82 Å². The van der Waals surface area contributed by atoms with Crippen LogP contribution in [0, 0.1) is 5.92 Å². The van der Waals surface area contributed by atoms with Gasteiger partial charge in [0.2, 0.25) is 0 Å². The third-order valence-electron chi connectivity index (χ3n) is 3.69. The van der Waals surface area contributed by atoms with Gasteiger partial charge in [-0.15, -0.1) is 11.3 Å². The van der Waals surface area contributed by atoms with E-state index in [0.717, 1.165) is 17.9 Å². The van der Waals surface area contributed by atoms with Crippen LogP contribution < -0.4 is 0 Å². The summed E-state index contributed by atoms with van der Waals surface area (Å²) in [7, 11) is 0. The molecule has 0 N–H and O–H groups in total. The van der Waals surface area contributed by atoms with Crippen LogP contribution in [0.4, 0.5) is 0 Å². The molecule has 0 aromatic carbocycles. The summed E-state index contributed by atoms with van der Waals surface area (Å²) in [6.45, 7) is 4.50. The van der Waals surface area contributed by atoms with Gasteiger partial charge in [0, 0.05) is 12.4 Å². The summed E-state index contributed by atoms with van der Waals surface area (Å²) in [6.07, 6.45) is 6.22. The van der Waals surface area contributed by atoms with Crippen molar-refractivity contribution in [2.45, 2.75) is 26.7 Å². The topological polar surface area (TPSA) is 30.7 Å². The molecule has 21 heavy (non-hydrogen) atoms. The lowest BCUT2D eigenvalue weighted by molar-refractivity contribution is 0.559. The van der Waals surface area contributed by atoms with Gasteiger partial charge >= 0.3 is 0 Å². The number of aromatic nitrogens is 3. The van der Waals surface area contributed by atoms with E-state index in [0.29, 0.717) is 5.92 Å². The third-order valence-corrected chi connectivity index (χ3v) is 4.58. The predicted molar refractivity (Wildman–Crippen MR) is 87.8 cm³/mol. The molecule has 0 aliphatic heterocycles. The van der Waals surface area contributed by atoms with Crippen molar-refractivity contribution < 1.29 is 0 Å². The minimum Gasteiger partial charge on any atom is -0.237 e. The van der Waals surface area contributed by atoms with Crippen LogP contribution in [-0.2, 0) is 6.42 Å². The number of hydrogen-bond acceptors (Lipinski definition) is 3. The molecule has 0 fully saturated rings. The summed E-state index contributed by atoms with van der Waals surface area (Å²) < 4.78 is 1.84. The average molecular weight is 297 g/mol. The fraction of sp³-hybridized carbons (Fsp3) is 0.294. The van der Waals surface area contributed by atoms with Crippen LogP contribution in [0.3, 0.4) is 0 Å². The first-order valence-electron chi connectivity index (χ1n) is 7.31. The fourth-order valence-corrected chi connectivity index (χ4v) is 2.92. The molecule has 3 heterocycles. The predicted octanol–water partition coefficient (Wildman–Crippen LogP) is 4.58. The number of pyridine rings is 1. The summed E-state index contributed by atoms with van der Waals surface area (Å²) in [5, 5.41) is 6.66. The van der Waals surface area contributed by atoms with E-state index >= 15 is 0 Å². The smallest absolute Gasteiger partial charge is 0.153 e. The van der Waals surface area contributed by atoms with Gasteiger partial charge in [-0.05, 0) is 41.5 Å². The first-order chi connectivity index (χ1) is 10.3. The average Bonchev–Trinajstić information content (AvgIpc) is 3.19. The van der Waals surface area contributed by atoms with E-state index in [4.69, 9.17) is 0 Å². The summed E-state index contributed by atoms with van der Waals surface area (Å²) in [4.78, 5) is 5.72. The van der Waals surface area contributed by atoms with Gasteiger partial charge in [0.05, 0.1) is 4.88 Å². The molecule has 3 aromatic heterocycles. The Balaban J connectivity index is 1.78. The highest BCUT2D eigenvalue weighted by atomic mass is 32.1. The van der Waals surface area contributed by atoms with Crippen LogP contribution in [0.15, 0.2) is 48.1 Å². The van der Waals surface area contributed by atoms with E-state index in [1.807, 2.05) is 35.3 Å². The molecule has 0 saturated heterocycles. The van der Waals surface area contributed by atoms with Crippen molar-refractivity contribution in [2.24, 2.45) is 5.92 Å². The Kier molecular flexibility index (Phi) is 4.15. The zero-order chi connectivity index (χ0) is 14.7. The van der Waals surface area contributed by atoms with E-state index in [-0.39, 0.29) is 0 Å². The van der Waals surface area contributed by atoms with E-state index in [1.165, 1.54) is 16.9 Å². The maximum absolute atomic E-state index is 4.59. The number of thiophene rings is 1. The minimum atomic E-state index is 0.702. The highest BCUT2D eigenvalue weighted by Crippen LogP contribution is 2.23. The van der Waals surface area contributed by atoms with Crippen molar-refractivity contribution in [2.75, 3.05) is 0 Å². The van der Waals surface area contributed by atoms with Crippen molar-refractivity contribution in [3.8, 4) is 16.4 Å². The van der Waals surface area contributed by atoms with Crippen LogP contribution in [0.1, 0.15) is 25.8 Å². The standard InChI is InChI=1S/C17H19N3S/c1-3-13(2)11-14-6-7-17(18-12-14)20-9-8-15(19-20)16-5-4-10-21-16/h4-10,12-13H,3,11H2,1-2H3. The molecule has 0 aliphatic rings. The highest BCUT2D eigenvalue weighted by Gasteiger charge is 2.06. The van der Waals surface area contributed by atoms with Gasteiger partial charge < -0.3 is 0 Å². The minimum absolute atomic E-state index is 0.702. The van der Waals surface area contributed by atoms with Gasteiger partial charge in [-0.25, -0.2) is 9.67 Å². The Hall–Kier alpha value is -1.94. The van der Waals surface area contributed by atoms with Crippen molar-refractivity contribution in [1.29, 1.82) is 0 Å². The van der Waals surface area contributed by atoms with E-state index in [1.54, 1.807) is 11.3 Å². The quantitative estimate of drug-likeness (QED) is 0.690. The highest BCUT2D eigenvalue weighted by molar-refractivity contribution is 7.13. The van der Waals surface area contributed by atoms with E-state index in [9.17, 15) is 0 Å². The Morgan fingerprint density at radius 1 is 1.24 bits per heavy atom. The summed E-state index contributed by atoms with van der Waals surface area (Å²) in [5.74, 6) is 1.57. The van der Waals surface area contributed by atoms with E-state index < -0.39 is 0 Å². The SMILES string of the molecule is CCC(C)Cc1ccc(-n2ccc(-c3cccs3)n2)nc1. The lowest BCUT2D eigenvalue weighted by Gasteiger charge is -2.08. The molecule has 1 unspecified atom stereocenters. The van der Waals surface area contributed by atoms with Crippen molar-refractivity contribution >= 4 is 11.3 Å².